The van der Waals surface area contributed by atoms with E-state index in [1.165, 1.54) is 29.4 Å². The average molecular weight is 508 g/mol. The van der Waals surface area contributed by atoms with E-state index < -0.39 is 5.92 Å². The van der Waals surface area contributed by atoms with E-state index in [4.69, 9.17) is 13.4 Å². The van der Waals surface area contributed by atoms with E-state index in [2.05, 4.69) is 24.3 Å². The van der Waals surface area contributed by atoms with E-state index in [1.807, 2.05) is 24.3 Å². The number of benzene rings is 2. The van der Waals surface area contributed by atoms with Gasteiger partial charge < -0.3 is 0 Å². The number of hydrogen-bond donors (Lipinski definition) is 1. The van der Waals surface area contributed by atoms with Crippen LogP contribution < -0.4 is 25.4 Å². The molecule has 0 saturated heterocycles. The summed E-state index contributed by atoms with van der Waals surface area (Å²) >= 11 is -0.224. The molecule has 0 fully saturated rings. The Morgan fingerprint density at radius 1 is 1.03 bits per heavy atom. The second-order valence-electron chi connectivity index (χ2n) is 7.17. The molecule has 1 aliphatic carbocycles. The summed E-state index contributed by atoms with van der Waals surface area (Å²) in [6.07, 6.45) is 2.54. The van der Waals surface area contributed by atoms with Crippen LogP contribution in [-0.2, 0) is 19.1 Å². The number of carbonyl (C=O) groups is 2. The van der Waals surface area contributed by atoms with Crippen molar-refractivity contribution < 1.29 is 40.5 Å². The maximum absolute atomic E-state index is 12.5. The van der Waals surface area contributed by atoms with Gasteiger partial charge in [0.05, 0.1) is 0 Å². The number of methoxy groups -OCH3 is 1. The van der Waals surface area contributed by atoms with Gasteiger partial charge in [0, 0.05) is 0 Å². The van der Waals surface area contributed by atoms with E-state index >= 15 is 0 Å². The average Bonchev–Trinajstić information content (AvgIpc) is 3.07. The molecule has 2 N–H and O–H groups in total. The Kier molecular flexibility index (Phi) is 8.06. The second-order valence-corrected chi connectivity index (χ2v) is 9.13. The predicted octanol–water partition coefficient (Wildman–Crippen LogP) is 0.654. The molecule has 0 saturated carbocycles. The van der Waals surface area contributed by atoms with E-state index in [-0.39, 0.29) is 52.4 Å². The topological polar surface area (TPSA) is 78.6 Å². The Labute approximate surface area is 182 Å². The SMILES string of the molecule is COC(=O)[C@H](CCCC[I-]N)CC(=O)OCC1c2ccccc2-c2ccccc21. The van der Waals surface area contributed by atoms with Gasteiger partial charge in [-0.3, -0.25) is 0 Å². The number of unbranched alkanes of at least 4 members (excludes halogenated alkanes) is 1. The molecule has 3 rings (SSSR count). The van der Waals surface area contributed by atoms with Crippen molar-refractivity contribution in [3.63, 3.8) is 0 Å². The number of hydrogen-bond acceptors (Lipinski definition) is 5. The molecule has 2 aromatic carbocycles. The van der Waals surface area contributed by atoms with Crippen LogP contribution in [0.15, 0.2) is 48.5 Å². The first-order chi connectivity index (χ1) is 14.2. The summed E-state index contributed by atoms with van der Waals surface area (Å²) in [4.78, 5) is 24.5. The third-order valence-corrected chi connectivity index (χ3v) is 6.75. The summed E-state index contributed by atoms with van der Waals surface area (Å²) in [5.41, 5.74) is 4.74. The Morgan fingerprint density at radius 2 is 1.66 bits per heavy atom. The van der Waals surface area contributed by atoms with Crippen molar-refractivity contribution in [2.45, 2.75) is 31.6 Å². The van der Waals surface area contributed by atoms with Gasteiger partial charge in [0.15, 0.2) is 0 Å². The van der Waals surface area contributed by atoms with Gasteiger partial charge in [-0.25, -0.2) is 0 Å². The van der Waals surface area contributed by atoms with E-state index in [9.17, 15) is 9.59 Å². The summed E-state index contributed by atoms with van der Waals surface area (Å²) in [6.45, 7) is 0.276. The Balaban J connectivity index is 1.61. The summed E-state index contributed by atoms with van der Waals surface area (Å²) in [5, 5.41) is 0. The minimum absolute atomic E-state index is 0.0245. The van der Waals surface area contributed by atoms with E-state index in [1.54, 1.807) is 0 Å². The van der Waals surface area contributed by atoms with Crippen LogP contribution in [0.5, 0.6) is 0 Å². The van der Waals surface area contributed by atoms with Crippen LogP contribution in [0.25, 0.3) is 11.1 Å². The van der Waals surface area contributed by atoms with Gasteiger partial charge >= 0.3 is 146 Å². The van der Waals surface area contributed by atoms with Crippen molar-refractivity contribution in [1.29, 1.82) is 0 Å². The molecule has 0 unspecified atom stereocenters. The number of alkyl halides is 1. The fourth-order valence-electron chi connectivity index (χ4n) is 3.91. The molecular formula is C23H27INO4-. The van der Waals surface area contributed by atoms with Gasteiger partial charge in [0.1, 0.15) is 0 Å². The molecule has 1 atom stereocenters. The van der Waals surface area contributed by atoms with E-state index in [0.29, 0.717) is 6.42 Å². The monoisotopic (exact) mass is 508 g/mol. The molecule has 29 heavy (non-hydrogen) atoms. The summed E-state index contributed by atoms with van der Waals surface area (Å²) < 4.78 is 17.2. The fraction of sp³-hybridized carbons (Fsp3) is 0.391. The first-order valence-corrected chi connectivity index (χ1v) is 12.6. The molecule has 1 aliphatic rings. The summed E-state index contributed by atoms with van der Waals surface area (Å²) in [6, 6.07) is 16.5. The number of esters is 2. The molecule has 0 spiro atoms. The molecule has 2 aromatic rings. The fourth-order valence-corrected chi connectivity index (χ4v) is 4.89. The van der Waals surface area contributed by atoms with Gasteiger partial charge in [-0.05, 0) is 0 Å². The third-order valence-electron chi connectivity index (χ3n) is 5.37. The molecule has 0 amide bonds. The van der Waals surface area contributed by atoms with Gasteiger partial charge in [0.2, 0.25) is 0 Å². The molecule has 5 nitrogen and oxygen atoms in total. The van der Waals surface area contributed by atoms with Gasteiger partial charge in [-0.2, -0.15) is 0 Å². The predicted molar refractivity (Wildman–Crippen MR) is 108 cm³/mol. The van der Waals surface area contributed by atoms with E-state index in [0.717, 1.165) is 17.3 Å². The standard InChI is InChI=1S/C23H27INO4/c1-28-23(27)16(8-6-7-13-24-25)14-22(26)29-15-21-19-11-4-2-9-17(19)18-10-3-5-12-20(18)21/h2-5,9-12,16,21H,6-8,13-15,25H2,1H3/q-1/t16-/m1/s1. The third kappa shape index (κ3) is 5.36. The number of carbonyl (C=O) groups excluding carboxylic acids is 2. The van der Waals surface area contributed by atoms with Crippen molar-refractivity contribution in [2.24, 2.45) is 9.86 Å². The normalized spacial score (nSPS) is 13.6. The van der Waals surface area contributed by atoms with Crippen LogP contribution >= 0.6 is 0 Å². The van der Waals surface area contributed by atoms with Crippen LogP contribution in [0.4, 0.5) is 0 Å². The Morgan fingerprint density at radius 3 is 2.24 bits per heavy atom. The zero-order valence-electron chi connectivity index (χ0n) is 16.6. The molecule has 0 aliphatic heterocycles. The van der Waals surface area contributed by atoms with Crippen molar-refractivity contribution in [1.82, 2.24) is 0 Å². The molecule has 0 heterocycles. The van der Waals surface area contributed by atoms with Crippen LogP contribution in [0.3, 0.4) is 0 Å². The summed E-state index contributed by atoms with van der Waals surface area (Å²) in [7, 11) is 1.36. The minimum atomic E-state index is -0.452. The van der Waals surface area contributed by atoms with Gasteiger partial charge in [0.25, 0.3) is 0 Å². The zero-order valence-corrected chi connectivity index (χ0v) is 18.8. The number of fused-ring (bicyclic) bond motifs is 3. The maximum atomic E-state index is 12.5. The zero-order chi connectivity index (χ0) is 20.6. The number of ether oxygens (including phenoxy) is 2. The first kappa shape index (κ1) is 21.8. The molecule has 0 bridgehead atoms. The molecule has 0 aromatic heterocycles. The quantitative estimate of drug-likeness (QED) is 0.168. The molecular weight excluding hydrogens is 481 g/mol. The van der Waals surface area contributed by atoms with Crippen molar-refractivity contribution in [3.8, 4) is 11.1 Å². The second kappa shape index (κ2) is 10.7. The molecule has 156 valence electrons. The van der Waals surface area contributed by atoms with Crippen LogP contribution in [0, 0.1) is 5.92 Å². The molecule has 0 radical (unpaired) electrons. The Bertz CT molecular complexity index is 809. The van der Waals surface area contributed by atoms with Gasteiger partial charge in [-0.1, -0.05) is 36.4 Å². The van der Waals surface area contributed by atoms with Crippen LogP contribution in [0.2, 0.25) is 0 Å². The molecule has 6 heteroatoms. The number of nitrogens with two attached hydrogens (primary N) is 1. The number of rotatable bonds is 10. The van der Waals surface area contributed by atoms with Crippen molar-refractivity contribution in [3.05, 3.63) is 59.7 Å². The first-order valence-electron chi connectivity index (χ1n) is 9.85. The van der Waals surface area contributed by atoms with Crippen molar-refractivity contribution in [2.75, 3.05) is 18.1 Å². The van der Waals surface area contributed by atoms with Crippen molar-refractivity contribution >= 4 is 11.9 Å². The number of halogens is 1. The van der Waals surface area contributed by atoms with Crippen LogP contribution in [0.1, 0.15) is 42.7 Å². The summed E-state index contributed by atoms with van der Waals surface area (Å²) in [5.74, 6) is -1.13. The van der Waals surface area contributed by atoms with Crippen LogP contribution in [-0.4, -0.2) is 30.1 Å². The van der Waals surface area contributed by atoms with Gasteiger partial charge in [-0.15, -0.1) is 0 Å². The Hall–Kier alpha value is -1.93.